The van der Waals surface area contributed by atoms with E-state index in [1.54, 1.807) is 13.2 Å². The first-order chi connectivity index (χ1) is 14.7. The van der Waals surface area contributed by atoms with Crippen molar-refractivity contribution in [3.8, 4) is 11.5 Å². The highest BCUT2D eigenvalue weighted by Gasteiger charge is 2.23. The first-order valence-corrected chi connectivity index (χ1v) is 11.1. The molecule has 162 valence electrons. The highest BCUT2D eigenvalue weighted by molar-refractivity contribution is 5.95. The van der Waals surface area contributed by atoms with Crippen LogP contribution in [0.15, 0.2) is 48.5 Å². The largest absolute Gasteiger partial charge is 0.493 e. The predicted molar refractivity (Wildman–Crippen MR) is 120 cm³/mol. The van der Waals surface area contributed by atoms with Gasteiger partial charge in [0.05, 0.1) is 7.11 Å². The number of amides is 1. The van der Waals surface area contributed by atoms with Crippen molar-refractivity contribution in [2.75, 3.05) is 26.7 Å². The van der Waals surface area contributed by atoms with Crippen molar-refractivity contribution in [2.45, 2.75) is 45.1 Å². The molecule has 0 atom stereocenters. The number of methoxy groups -OCH3 is 1. The van der Waals surface area contributed by atoms with Gasteiger partial charge in [-0.15, -0.1) is 0 Å². The molecule has 1 amide bonds. The lowest BCUT2D eigenvalue weighted by atomic mass is 10.1. The maximum absolute atomic E-state index is 13.3. The summed E-state index contributed by atoms with van der Waals surface area (Å²) >= 11 is 0. The van der Waals surface area contributed by atoms with Crippen LogP contribution in [0.3, 0.4) is 0 Å². The van der Waals surface area contributed by atoms with Gasteiger partial charge in [0.25, 0.3) is 5.91 Å². The number of ether oxygens (including phenoxy) is 2. The van der Waals surface area contributed by atoms with Crippen molar-refractivity contribution in [1.82, 2.24) is 4.90 Å². The molecule has 0 unspecified atom stereocenters. The molecule has 2 aromatic carbocycles. The summed E-state index contributed by atoms with van der Waals surface area (Å²) in [6, 6.07) is 15.5. The minimum Gasteiger partial charge on any atom is -0.493 e. The molecular weight excluding hydrogens is 376 g/mol. The second-order valence-corrected chi connectivity index (χ2v) is 8.04. The van der Waals surface area contributed by atoms with E-state index >= 15 is 0 Å². The molecule has 5 nitrogen and oxygen atoms in total. The van der Waals surface area contributed by atoms with Crippen LogP contribution >= 0.6 is 0 Å². The number of rotatable bonds is 11. The minimum absolute atomic E-state index is 0.0619. The van der Waals surface area contributed by atoms with Crippen LogP contribution in [0.25, 0.3) is 0 Å². The SMILES string of the molecule is COc1cc(C(=O)N(CCCCN)CC2CCCC2)ccc1OCc1ccccc1. The third-order valence-electron chi connectivity index (χ3n) is 5.77. The van der Waals surface area contributed by atoms with Crippen molar-refractivity contribution >= 4 is 5.91 Å². The van der Waals surface area contributed by atoms with Gasteiger partial charge in [0, 0.05) is 18.7 Å². The second kappa shape index (κ2) is 11.6. The average Bonchev–Trinajstić information content (AvgIpc) is 3.30. The zero-order valence-corrected chi connectivity index (χ0v) is 18.0. The number of nitrogens with two attached hydrogens (primary N) is 1. The zero-order valence-electron chi connectivity index (χ0n) is 18.0. The lowest BCUT2D eigenvalue weighted by Gasteiger charge is -2.26. The van der Waals surface area contributed by atoms with Gasteiger partial charge in [-0.3, -0.25) is 4.79 Å². The number of carbonyl (C=O) groups is 1. The van der Waals surface area contributed by atoms with Gasteiger partial charge in [0.2, 0.25) is 0 Å². The van der Waals surface area contributed by atoms with E-state index in [1.165, 1.54) is 25.7 Å². The Morgan fingerprint density at radius 1 is 1.07 bits per heavy atom. The monoisotopic (exact) mass is 410 g/mol. The molecule has 1 fully saturated rings. The summed E-state index contributed by atoms with van der Waals surface area (Å²) in [7, 11) is 1.61. The Bertz CT molecular complexity index is 788. The van der Waals surface area contributed by atoms with Gasteiger partial charge in [-0.05, 0) is 61.9 Å². The maximum atomic E-state index is 13.3. The Kier molecular flexibility index (Phi) is 8.57. The van der Waals surface area contributed by atoms with Gasteiger partial charge in [0.15, 0.2) is 11.5 Å². The van der Waals surface area contributed by atoms with Gasteiger partial charge in [0.1, 0.15) is 6.61 Å². The first kappa shape index (κ1) is 22.2. The normalized spacial score (nSPS) is 13.9. The standard InChI is InChI=1S/C25H34N2O3/c1-29-24-17-22(13-14-23(24)30-19-21-11-3-2-4-12-21)25(28)27(16-8-7-15-26)18-20-9-5-6-10-20/h2-4,11-14,17,20H,5-10,15-16,18-19,26H2,1H3. The molecule has 1 aliphatic rings. The Labute approximate surface area is 180 Å². The molecule has 3 rings (SSSR count). The summed E-state index contributed by atoms with van der Waals surface area (Å²) in [6.45, 7) is 2.70. The smallest absolute Gasteiger partial charge is 0.254 e. The Morgan fingerprint density at radius 2 is 1.83 bits per heavy atom. The lowest BCUT2D eigenvalue weighted by molar-refractivity contribution is 0.0725. The first-order valence-electron chi connectivity index (χ1n) is 11.1. The van der Waals surface area contributed by atoms with Crippen molar-refractivity contribution in [3.63, 3.8) is 0 Å². The maximum Gasteiger partial charge on any atom is 0.254 e. The third-order valence-corrected chi connectivity index (χ3v) is 5.77. The fraction of sp³-hybridized carbons (Fsp3) is 0.480. The number of hydrogen-bond acceptors (Lipinski definition) is 4. The molecule has 0 radical (unpaired) electrons. The summed E-state index contributed by atoms with van der Waals surface area (Å²) in [5.41, 5.74) is 7.39. The molecular formula is C25H34N2O3. The summed E-state index contributed by atoms with van der Waals surface area (Å²) in [5.74, 6) is 1.90. The van der Waals surface area contributed by atoms with Crippen molar-refractivity contribution in [2.24, 2.45) is 11.7 Å². The molecule has 0 spiro atoms. The zero-order chi connectivity index (χ0) is 21.2. The summed E-state index contributed by atoms with van der Waals surface area (Å²) < 4.78 is 11.5. The van der Waals surface area contributed by atoms with Gasteiger partial charge in [-0.1, -0.05) is 43.2 Å². The van der Waals surface area contributed by atoms with Gasteiger partial charge in [-0.2, -0.15) is 0 Å². The minimum atomic E-state index is 0.0619. The quantitative estimate of drug-likeness (QED) is 0.548. The fourth-order valence-corrected chi connectivity index (χ4v) is 4.07. The topological polar surface area (TPSA) is 64.8 Å². The third kappa shape index (κ3) is 6.23. The van der Waals surface area contributed by atoms with Crippen molar-refractivity contribution in [1.29, 1.82) is 0 Å². The second-order valence-electron chi connectivity index (χ2n) is 8.04. The van der Waals surface area contributed by atoms with E-state index in [9.17, 15) is 4.79 Å². The van der Waals surface area contributed by atoms with Crippen LogP contribution in [0.5, 0.6) is 11.5 Å². The average molecular weight is 411 g/mol. The van der Waals surface area contributed by atoms with Crippen LogP contribution in [-0.4, -0.2) is 37.6 Å². The Balaban J connectivity index is 1.70. The molecule has 1 aliphatic carbocycles. The van der Waals surface area contributed by atoms with Crippen LogP contribution in [0.4, 0.5) is 0 Å². The van der Waals surface area contributed by atoms with Crippen LogP contribution < -0.4 is 15.2 Å². The molecule has 1 saturated carbocycles. The van der Waals surface area contributed by atoms with Gasteiger partial charge >= 0.3 is 0 Å². The van der Waals surface area contributed by atoms with Crippen molar-refractivity contribution < 1.29 is 14.3 Å². The number of carbonyl (C=O) groups excluding carboxylic acids is 1. The van der Waals surface area contributed by atoms with E-state index in [1.807, 2.05) is 47.4 Å². The number of unbranched alkanes of at least 4 members (excludes halogenated alkanes) is 1. The molecule has 30 heavy (non-hydrogen) atoms. The van der Waals surface area contributed by atoms with Crippen LogP contribution in [0.1, 0.15) is 54.4 Å². The van der Waals surface area contributed by atoms with E-state index in [0.29, 0.717) is 36.1 Å². The molecule has 0 bridgehead atoms. The summed E-state index contributed by atoms with van der Waals surface area (Å²) in [5, 5.41) is 0. The fourth-order valence-electron chi connectivity index (χ4n) is 4.07. The predicted octanol–water partition coefficient (Wildman–Crippen LogP) is 4.65. The van der Waals surface area contributed by atoms with E-state index in [-0.39, 0.29) is 5.91 Å². The lowest BCUT2D eigenvalue weighted by Crippen LogP contribution is -2.36. The number of hydrogen-bond donors (Lipinski definition) is 1. The van der Waals surface area contributed by atoms with E-state index in [0.717, 1.165) is 31.5 Å². The van der Waals surface area contributed by atoms with Gasteiger partial charge in [-0.25, -0.2) is 0 Å². The number of nitrogens with zero attached hydrogens (tertiary/aromatic N) is 1. The van der Waals surface area contributed by atoms with E-state index in [2.05, 4.69) is 0 Å². The van der Waals surface area contributed by atoms with Gasteiger partial charge < -0.3 is 20.1 Å². The molecule has 2 aromatic rings. The molecule has 0 aromatic heterocycles. The summed E-state index contributed by atoms with van der Waals surface area (Å²) in [4.78, 5) is 15.3. The Morgan fingerprint density at radius 3 is 2.53 bits per heavy atom. The van der Waals surface area contributed by atoms with Crippen molar-refractivity contribution in [3.05, 3.63) is 59.7 Å². The van der Waals surface area contributed by atoms with Crippen LogP contribution in [-0.2, 0) is 6.61 Å². The molecule has 5 heteroatoms. The highest BCUT2D eigenvalue weighted by atomic mass is 16.5. The molecule has 0 heterocycles. The summed E-state index contributed by atoms with van der Waals surface area (Å²) in [6.07, 6.45) is 6.86. The number of benzene rings is 2. The van der Waals surface area contributed by atoms with E-state index < -0.39 is 0 Å². The molecule has 2 N–H and O–H groups in total. The molecule has 0 aliphatic heterocycles. The molecule has 0 saturated heterocycles. The Hall–Kier alpha value is -2.53. The van der Waals surface area contributed by atoms with Crippen LogP contribution in [0, 0.1) is 5.92 Å². The highest BCUT2D eigenvalue weighted by Crippen LogP contribution is 2.30. The van der Waals surface area contributed by atoms with Crippen LogP contribution in [0.2, 0.25) is 0 Å². The van der Waals surface area contributed by atoms with E-state index in [4.69, 9.17) is 15.2 Å².